The molecular formula is C19H27N5O3S. The molecule has 28 heavy (non-hydrogen) atoms. The lowest BCUT2D eigenvalue weighted by molar-refractivity contribution is 0.102. The maximum absolute atomic E-state index is 12.8. The van der Waals surface area contributed by atoms with Crippen LogP contribution in [-0.2, 0) is 17.1 Å². The maximum atomic E-state index is 12.8. The van der Waals surface area contributed by atoms with Crippen LogP contribution >= 0.6 is 0 Å². The van der Waals surface area contributed by atoms with Crippen molar-refractivity contribution in [3.63, 3.8) is 0 Å². The Morgan fingerprint density at radius 1 is 1.32 bits per heavy atom. The van der Waals surface area contributed by atoms with Crippen LogP contribution in [0.1, 0.15) is 41.2 Å². The Bertz CT molecular complexity index is 948. The van der Waals surface area contributed by atoms with E-state index in [4.69, 9.17) is 0 Å². The summed E-state index contributed by atoms with van der Waals surface area (Å²) in [6, 6.07) is 6.27. The molecule has 0 atom stereocenters. The molecule has 0 bridgehead atoms. The SMILES string of the molecule is CN(C)CCNS(=O)(=O)c1cccc(NC(=O)c2cn(C)nc2C2CCC2)c1. The van der Waals surface area contributed by atoms with Crippen molar-refractivity contribution in [2.24, 2.45) is 7.05 Å². The molecule has 1 aromatic carbocycles. The lowest BCUT2D eigenvalue weighted by Gasteiger charge is -2.24. The zero-order valence-corrected chi connectivity index (χ0v) is 17.3. The average Bonchev–Trinajstić information content (AvgIpc) is 2.94. The van der Waals surface area contributed by atoms with Crippen molar-refractivity contribution in [1.82, 2.24) is 19.4 Å². The number of aryl methyl sites for hydroxylation is 1. The average molecular weight is 406 g/mol. The zero-order chi connectivity index (χ0) is 20.3. The molecule has 152 valence electrons. The van der Waals surface area contributed by atoms with Gasteiger partial charge in [-0.15, -0.1) is 0 Å². The van der Waals surface area contributed by atoms with E-state index in [-0.39, 0.29) is 10.8 Å². The Labute approximate surface area is 166 Å². The Morgan fingerprint density at radius 3 is 2.71 bits per heavy atom. The quantitative estimate of drug-likeness (QED) is 0.698. The molecule has 3 rings (SSSR count). The van der Waals surface area contributed by atoms with Gasteiger partial charge >= 0.3 is 0 Å². The molecule has 0 aliphatic heterocycles. The van der Waals surface area contributed by atoms with Gasteiger partial charge in [-0.2, -0.15) is 5.10 Å². The van der Waals surface area contributed by atoms with Gasteiger partial charge in [0.05, 0.1) is 16.2 Å². The number of nitrogens with zero attached hydrogens (tertiary/aromatic N) is 3. The minimum atomic E-state index is -3.64. The first-order chi connectivity index (χ1) is 13.3. The molecular weight excluding hydrogens is 378 g/mol. The number of aromatic nitrogens is 2. The van der Waals surface area contributed by atoms with Crippen LogP contribution in [0.3, 0.4) is 0 Å². The van der Waals surface area contributed by atoms with E-state index in [0.717, 1.165) is 25.0 Å². The first kappa shape index (κ1) is 20.5. The van der Waals surface area contributed by atoms with Crippen LogP contribution in [0.25, 0.3) is 0 Å². The van der Waals surface area contributed by atoms with Crippen molar-refractivity contribution in [1.29, 1.82) is 0 Å². The number of rotatable bonds is 8. The molecule has 1 saturated carbocycles. The Kier molecular flexibility index (Phi) is 6.17. The second-order valence-corrected chi connectivity index (χ2v) is 9.18. The minimum absolute atomic E-state index is 0.120. The molecule has 1 heterocycles. The number of sulfonamides is 1. The number of carbonyl (C=O) groups excluding carboxylic acids is 1. The summed E-state index contributed by atoms with van der Waals surface area (Å²) in [5.74, 6) is 0.0553. The summed E-state index contributed by atoms with van der Waals surface area (Å²) < 4.78 is 29.1. The summed E-state index contributed by atoms with van der Waals surface area (Å²) in [6.07, 6.45) is 4.96. The highest BCUT2D eigenvalue weighted by atomic mass is 32.2. The minimum Gasteiger partial charge on any atom is -0.322 e. The second kappa shape index (κ2) is 8.42. The third kappa shape index (κ3) is 4.78. The maximum Gasteiger partial charge on any atom is 0.259 e. The number of likely N-dealkylation sites (N-methyl/N-ethyl adjacent to an activating group) is 1. The van der Waals surface area contributed by atoms with Gasteiger partial charge < -0.3 is 10.2 Å². The van der Waals surface area contributed by atoms with Gasteiger partial charge in [-0.25, -0.2) is 13.1 Å². The molecule has 8 nitrogen and oxygen atoms in total. The van der Waals surface area contributed by atoms with Crippen LogP contribution in [0, 0.1) is 0 Å². The van der Waals surface area contributed by atoms with Gasteiger partial charge in [0.1, 0.15) is 0 Å². The molecule has 0 unspecified atom stereocenters. The molecule has 1 amide bonds. The monoisotopic (exact) mass is 405 g/mol. The van der Waals surface area contributed by atoms with E-state index in [1.165, 1.54) is 12.1 Å². The van der Waals surface area contributed by atoms with E-state index in [1.54, 1.807) is 30.1 Å². The smallest absolute Gasteiger partial charge is 0.259 e. The topological polar surface area (TPSA) is 96.3 Å². The second-order valence-electron chi connectivity index (χ2n) is 7.41. The van der Waals surface area contributed by atoms with E-state index in [1.807, 2.05) is 19.0 Å². The first-order valence-electron chi connectivity index (χ1n) is 9.35. The van der Waals surface area contributed by atoms with E-state index in [2.05, 4.69) is 15.1 Å². The zero-order valence-electron chi connectivity index (χ0n) is 16.5. The molecule has 2 N–H and O–H groups in total. The molecule has 0 spiro atoms. The van der Waals surface area contributed by atoms with E-state index >= 15 is 0 Å². The lowest BCUT2D eigenvalue weighted by atomic mass is 9.81. The van der Waals surface area contributed by atoms with Crippen molar-refractivity contribution < 1.29 is 13.2 Å². The van der Waals surface area contributed by atoms with Crippen LogP contribution in [-0.4, -0.2) is 56.2 Å². The Morgan fingerprint density at radius 2 is 2.07 bits per heavy atom. The van der Waals surface area contributed by atoms with Crippen LogP contribution in [0.4, 0.5) is 5.69 Å². The van der Waals surface area contributed by atoms with Gasteiger partial charge in [0.15, 0.2) is 0 Å². The van der Waals surface area contributed by atoms with Crippen molar-refractivity contribution in [3.8, 4) is 0 Å². The Hall–Kier alpha value is -2.23. The van der Waals surface area contributed by atoms with Crippen molar-refractivity contribution in [3.05, 3.63) is 41.7 Å². The first-order valence-corrected chi connectivity index (χ1v) is 10.8. The number of anilines is 1. The predicted molar refractivity (Wildman–Crippen MR) is 108 cm³/mol. The summed E-state index contributed by atoms with van der Waals surface area (Å²) in [4.78, 5) is 14.8. The summed E-state index contributed by atoms with van der Waals surface area (Å²) >= 11 is 0. The van der Waals surface area contributed by atoms with Gasteiger partial charge in [-0.1, -0.05) is 12.5 Å². The number of hydrogen-bond acceptors (Lipinski definition) is 5. The van der Waals surface area contributed by atoms with Crippen LogP contribution < -0.4 is 10.0 Å². The third-order valence-electron chi connectivity index (χ3n) is 4.85. The number of nitrogens with one attached hydrogen (secondary N) is 2. The van der Waals surface area contributed by atoms with E-state index in [9.17, 15) is 13.2 Å². The highest BCUT2D eigenvalue weighted by molar-refractivity contribution is 7.89. The number of hydrogen-bond donors (Lipinski definition) is 2. The summed E-state index contributed by atoms with van der Waals surface area (Å²) in [7, 11) is 1.91. The predicted octanol–water partition coefficient (Wildman–Crippen LogP) is 1.78. The van der Waals surface area contributed by atoms with Crippen LogP contribution in [0.2, 0.25) is 0 Å². The fraction of sp³-hybridized carbons (Fsp3) is 0.474. The largest absolute Gasteiger partial charge is 0.322 e. The summed E-state index contributed by atoms with van der Waals surface area (Å²) in [5, 5.41) is 7.26. The van der Waals surface area contributed by atoms with Crippen LogP contribution in [0.15, 0.2) is 35.4 Å². The van der Waals surface area contributed by atoms with Crippen molar-refractivity contribution >= 4 is 21.6 Å². The molecule has 1 aliphatic carbocycles. The van der Waals surface area contributed by atoms with Gasteiger partial charge in [0.2, 0.25) is 10.0 Å². The van der Waals surface area contributed by atoms with Crippen molar-refractivity contribution in [2.45, 2.75) is 30.1 Å². The lowest BCUT2D eigenvalue weighted by Crippen LogP contribution is -2.31. The summed E-state index contributed by atoms with van der Waals surface area (Å²) in [5.41, 5.74) is 1.80. The normalized spacial score (nSPS) is 14.9. The molecule has 2 aromatic rings. The van der Waals surface area contributed by atoms with E-state index < -0.39 is 10.0 Å². The number of benzene rings is 1. The molecule has 1 aromatic heterocycles. The molecule has 9 heteroatoms. The van der Waals surface area contributed by atoms with Gasteiger partial charge in [-0.05, 0) is 45.1 Å². The van der Waals surface area contributed by atoms with Gasteiger partial charge in [-0.3, -0.25) is 9.48 Å². The highest BCUT2D eigenvalue weighted by Gasteiger charge is 2.28. The number of carbonyl (C=O) groups is 1. The third-order valence-corrected chi connectivity index (χ3v) is 6.31. The van der Waals surface area contributed by atoms with E-state index in [0.29, 0.717) is 30.3 Å². The van der Waals surface area contributed by atoms with Crippen molar-refractivity contribution in [2.75, 3.05) is 32.5 Å². The van der Waals surface area contributed by atoms with Crippen LogP contribution in [0.5, 0.6) is 0 Å². The van der Waals surface area contributed by atoms with Gasteiger partial charge in [0, 0.05) is 37.9 Å². The highest BCUT2D eigenvalue weighted by Crippen LogP contribution is 2.37. The standard InChI is InChI=1S/C19H27N5O3S/c1-23(2)11-10-20-28(26,27)16-9-5-8-15(12-16)21-19(25)17-13-24(3)22-18(17)14-6-4-7-14/h5,8-9,12-14,20H,4,6-7,10-11H2,1-3H3,(H,21,25). The Balaban J connectivity index is 1.73. The number of amides is 1. The van der Waals surface area contributed by atoms with Gasteiger partial charge in [0.25, 0.3) is 5.91 Å². The molecule has 0 saturated heterocycles. The molecule has 1 aliphatic rings. The molecule has 1 fully saturated rings. The fourth-order valence-corrected chi connectivity index (χ4v) is 4.16. The fourth-order valence-electron chi connectivity index (χ4n) is 3.09. The summed E-state index contributed by atoms with van der Waals surface area (Å²) in [6.45, 7) is 0.910. The molecule has 0 radical (unpaired) electrons.